The quantitative estimate of drug-likeness (QED) is 0.621. The minimum Gasteiger partial charge on any atom is -0.478 e. The number of ether oxygens (including phenoxy) is 1. The molecule has 160 valence electrons. The number of fused-ring (bicyclic) bond motifs is 1. The third-order valence-electron chi connectivity index (χ3n) is 5.22. The van der Waals surface area contributed by atoms with E-state index >= 15 is 0 Å². The van der Waals surface area contributed by atoms with Gasteiger partial charge >= 0.3 is 6.03 Å². The third-order valence-corrected chi connectivity index (χ3v) is 5.45. The van der Waals surface area contributed by atoms with Gasteiger partial charge < -0.3 is 14.5 Å². The lowest BCUT2D eigenvalue weighted by Gasteiger charge is -2.36. The van der Waals surface area contributed by atoms with Gasteiger partial charge in [0, 0.05) is 42.5 Å². The zero-order valence-electron chi connectivity index (χ0n) is 17.3. The number of hydrogen-bond acceptors (Lipinski definition) is 6. The zero-order chi connectivity index (χ0) is 22.0. The molecule has 8 nitrogen and oxygen atoms in total. The number of methoxy groups -OCH3 is 1. The molecule has 0 bridgehead atoms. The van der Waals surface area contributed by atoms with Crippen LogP contribution in [-0.2, 0) is 0 Å². The second-order valence-electron chi connectivity index (χ2n) is 7.22. The Balaban J connectivity index is 1.42. The summed E-state index contributed by atoms with van der Waals surface area (Å²) in [5.41, 5.74) is 2.92. The molecule has 1 aromatic heterocycles. The molecule has 0 spiro atoms. The van der Waals surface area contributed by atoms with Gasteiger partial charge in [-0.2, -0.15) is 0 Å². The second kappa shape index (κ2) is 8.77. The molecule has 2 aromatic carbocycles. The summed E-state index contributed by atoms with van der Waals surface area (Å²) in [6.45, 7) is 4.03. The summed E-state index contributed by atoms with van der Waals surface area (Å²) in [6.07, 6.45) is 0. The van der Waals surface area contributed by atoms with Gasteiger partial charge in [-0.1, -0.05) is 11.6 Å². The highest BCUT2D eigenvalue weighted by atomic mass is 35.5. The summed E-state index contributed by atoms with van der Waals surface area (Å²) in [5.74, 6) is 0.542. The fraction of sp³-hybridized carbons (Fsp3) is 0.273. The lowest BCUT2D eigenvalue weighted by molar-refractivity contribution is 0.101. The molecular formula is C22H22ClN5O3. The van der Waals surface area contributed by atoms with E-state index in [1.807, 2.05) is 24.3 Å². The van der Waals surface area contributed by atoms with E-state index < -0.39 is 0 Å². The Kier molecular flexibility index (Phi) is 5.90. The van der Waals surface area contributed by atoms with Gasteiger partial charge in [0.1, 0.15) is 0 Å². The van der Waals surface area contributed by atoms with Crippen LogP contribution < -0.4 is 15.0 Å². The minimum atomic E-state index is -0.257. The van der Waals surface area contributed by atoms with Crippen molar-refractivity contribution in [2.24, 2.45) is 0 Å². The first-order chi connectivity index (χ1) is 14.9. The number of piperazine rings is 1. The van der Waals surface area contributed by atoms with Crippen LogP contribution in [0, 0.1) is 0 Å². The molecule has 4 rings (SSSR count). The zero-order valence-corrected chi connectivity index (χ0v) is 18.0. The van der Waals surface area contributed by atoms with E-state index in [1.165, 1.54) is 7.11 Å². The normalized spacial score (nSPS) is 13.9. The fourth-order valence-corrected chi connectivity index (χ4v) is 3.66. The number of anilines is 2. The molecule has 1 saturated heterocycles. The second-order valence-corrected chi connectivity index (χ2v) is 7.66. The highest BCUT2D eigenvalue weighted by Gasteiger charge is 2.23. The number of aromatic nitrogens is 2. The number of Topliss-reactive ketones (excluding diaryl/α,β-unsaturated/α-hetero) is 1. The standard InChI is InChI=1S/C22H22ClN5O3/c1-14(29)15-3-6-17(7-4-15)27-9-11-28(12-10-27)22(30)26-20-21(31-2)25-19-13-16(23)5-8-18(19)24-20/h3-8,13H,9-12H2,1-2H3,(H,24,26,30). The Bertz CT molecular complexity index is 1130. The van der Waals surface area contributed by atoms with Crippen molar-refractivity contribution in [2.75, 3.05) is 43.5 Å². The third kappa shape index (κ3) is 4.54. The number of carbonyl (C=O) groups excluding carboxylic acids is 2. The number of rotatable bonds is 4. The molecule has 0 aliphatic carbocycles. The molecule has 0 unspecified atom stereocenters. The van der Waals surface area contributed by atoms with Crippen LogP contribution in [-0.4, -0.2) is 60.0 Å². The molecule has 1 aliphatic heterocycles. The molecule has 31 heavy (non-hydrogen) atoms. The van der Waals surface area contributed by atoms with Crippen molar-refractivity contribution in [3.8, 4) is 5.88 Å². The van der Waals surface area contributed by atoms with Crippen LogP contribution in [0.2, 0.25) is 5.02 Å². The molecule has 2 amide bonds. The van der Waals surface area contributed by atoms with Gasteiger partial charge in [-0.25, -0.2) is 14.8 Å². The maximum absolute atomic E-state index is 12.8. The van der Waals surface area contributed by atoms with Crippen LogP contribution in [0.1, 0.15) is 17.3 Å². The number of ketones is 1. The lowest BCUT2D eigenvalue weighted by atomic mass is 10.1. The molecule has 9 heteroatoms. The van der Waals surface area contributed by atoms with Crippen molar-refractivity contribution in [3.05, 3.63) is 53.1 Å². The minimum absolute atomic E-state index is 0.0448. The Hall–Kier alpha value is -3.39. The molecular weight excluding hydrogens is 418 g/mol. The molecule has 1 fully saturated rings. The maximum atomic E-state index is 12.8. The van der Waals surface area contributed by atoms with Gasteiger partial charge in [-0.05, 0) is 49.4 Å². The van der Waals surface area contributed by atoms with Crippen molar-refractivity contribution >= 4 is 46.0 Å². The van der Waals surface area contributed by atoms with E-state index in [9.17, 15) is 9.59 Å². The average Bonchev–Trinajstić information content (AvgIpc) is 2.79. The molecule has 2 heterocycles. The van der Waals surface area contributed by atoms with Gasteiger partial charge in [0.15, 0.2) is 11.6 Å². The molecule has 0 atom stereocenters. The number of halogens is 1. The van der Waals surface area contributed by atoms with Crippen molar-refractivity contribution in [3.63, 3.8) is 0 Å². The summed E-state index contributed by atoms with van der Waals surface area (Å²) in [7, 11) is 1.48. The van der Waals surface area contributed by atoms with Crippen LogP contribution in [0.4, 0.5) is 16.3 Å². The fourth-order valence-electron chi connectivity index (χ4n) is 3.49. The van der Waals surface area contributed by atoms with Crippen LogP contribution >= 0.6 is 11.6 Å². The van der Waals surface area contributed by atoms with Crippen LogP contribution in [0.5, 0.6) is 5.88 Å². The largest absolute Gasteiger partial charge is 0.478 e. The Morgan fingerprint density at radius 2 is 1.71 bits per heavy atom. The molecule has 1 N–H and O–H groups in total. The maximum Gasteiger partial charge on any atom is 0.323 e. The monoisotopic (exact) mass is 439 g/mol. The van der Waals surface area contributed by atoms with E-state index in [1.54, 1.807) is 30.0 Å². The van der Waals surface area contributed by atoms with Gasteiger partial charge in [-0.3, -0.25) is 10.1 Å². The SMILES string of the molecule is COc1nc2cc(Cl)ccc2nc1NC(=O)N1CCN(c2ccc(C(C)=O)cc2)CC1. The summed E-state index contributed by atoms with van der Waals surface area (Å²) < 4.78 is 5.30. The Labute approximate surface area is 184 Å². The smallest absolute Gasteiger partial charge is 0.323 e. The summed E-state index contributed by atoms with van der Waals surface area (Å²) in [4.78, 5) is 37.0. The number of hydrogen-bond donors (Lipinski definition) is 1. The van der Waals surface area contributed by atoms with Crippen molar-refractivity contribution < 1.29 is 14.3 Å². The van der Waals surface area contributed by atoms with E-state index in [0.29, 0.717) is 47.8 Å². The van der Waals surface area contributed by atoms with Crippen molar-refractivity contribution in [2.45, 2.75) is 6.92 Å². The number of benzene rings is 2. The predicted molar refractivity (Wildman–Crippen MR) is 120 cm³/mol. The Morgan fingerprint density at radius 3 is 2.35 bits per heavy atom. The van der Waals surface area contributed by atoms with Crippen molar-refractivity contribution in [1.29, 1.82) is 0 Å². The van der Waals surface area contributed by atoms with Crippen LogP contribution in [0.3, 0.4) is 0 Å². The van der Waals surface area contributed by atoms with E-state index in [2.05, 4.69) is 20.2 Å². The van der Waals surface area contributed by atoms with Crippen molar-refractivity contribution in [1.82, 2.24) is 14.9 Å². The van der Waals surface area contributed by atoms with Gasteiger partial charge in [0.25, 0.3) is 5.88 Å². The first-order valence-electron chi connectivity index (χ1n) is 9.88. The molecule has 0 radical (unpaired) electrons. The predicted octanol–water partition coefficient (Wildman–Crippen LogP) is 3.85. The van der Waals surface area contributed by atoms with E-state index in [4.69, 9.17) is 16.3 Å². The number of nitrogens with one attached hydrogen (secondary N) is 1. The highest BCUT2D eigenvalue weighted by Crippen LogP contribution is 2.25. The highest BCUT2D eigenvalue weighted by molar-refractivity contribution is 6.31. The Morgan fingerprint density at radius 1 is 1.00 bits per heavy atom. The number of nitrogens with zero attached hydrogens (tertiary/aromatic N) is 4. The summed E-state index contributed by atoms with van der Waals surface area (Å²) in [6, 6.07) is 12.4. The molecule has 0 saturated carbocycles. The topological polar surface area (TPSA) is 87.7 Å². The van der Waals surface area contributed by atoms with Gasteiger partial charge in [0.05, 0.1) is 18.1 Å². The first kappa shape index (κ1) is 20.9. The van der Waals surface area contributed by atoms with E-state index in [-0.39, 0.29) is 23.5 Å². The van der Waals surface area contributed by atoms with E-state index in [0.717, 1.165) is 5.69 Å². The number of carbonyl (C=O) groups is 2. The number of amides is 2. The van der Waals surface area contributed by atoms with Gasteiger partial charge in [-0.15, -0.1) is 0 Å². The first-order valence-corrected chi connectivity index (χ1v) is 10.3. The van der Waals surface area contributed by atoms with Crippen LogP contribution in [0.15, 0.2) is 42.5 Å². The average molecular weight is 440 g/mol. The van der Waals surface area contributed by atoms with Crippen LogP contribution in [0.25, 0.3) is 11.0 Å². The number of urea groups is 1. The lowest BCUT2D eigenvalue weighted by Crippen LogP contribution is -2.50. The van der Waals surface area contributed by atoms with Gasteiger partial charge in [0.2, 0.25) is 0 Å². The molecule has 3 aromatic rings. The summed E-state index contributed by atoms with van der Waals surface area (Å²) in [5, 5.41) is 3.36. The summed E-state index contributed by atoms with van der Waals surface area (Å²) >= 11 is 6.01. The molecule has 1 aliphatic rings.